The highest BCUT2D eigenvalue weighted by Crippen LogP contribution is 2.21. The van der Waals surface area contributed by atoms with Crippen molar-refractivity contribution in [2.24, 2.45) is 5.41 Å². The number of benzene rings is 1. The lowest BCUT2D eigenvalue weighted by Crippen LogP contribution is -2.37. The van der Waals surface area contributed by atoms with E-state index in [1.807, 2.05) is 20.8 Å². The molecule has 0 heterocycles. The smallest absolute Gasteiger partial charge is 0.272 e. The quantitative estimate of drug-likeness (QED) is 0.492. The number of rotatable bonds is 5. The van der Waals surface area contributed by atoms with E-state index in [1.165, 1.54) is 6.07 Å². The van der Waals surface area contributed by atoms with Gasteiger partial charge in [0.2, 0.25) is 5.91 Å². The second-order valence-corrected chi connectivity index (χ2v) is 5.69. The molecule has 6 nitrogen and oxygen atoms in total. The Balaban J connectivity index is 2.46. The lowest BCUT2D eigenvalue weighted by atomic mass is 9.96. The fourth-order valence-corrected chi connectivity index (χ4v) is 1.62. The highest BCUT2D eigenvalue weighted by Gasteiger charge is 2.20. The normalized spacial score (nSPS) is 11.0. The van der Waals surface area contributed by atoms with Crippen LogP contribution in [0.3, 0.4) is 0 Å². The standard InChI is InChI=1S/C14H21N3O3/c1-10-9-11(5-6-12(10)17(19)20)15-7-8-16-13(18)14(2,3)4/h5-6,9,15H,7-8H2,1-4H3,(H,16,18). The van der Waals surface area contributed by atoms with E-state index in [0.29, 0.717) is 18.7 Å². The highest BCUT2D eigenvalue weighted by molar-refractivity contribution is 5.81. The predicted molar refractivity (Wildman–Crippen MR) is 78.8 cm³/mol. The number of aryl methyl sites for hydroxylation is 1. The minimum absolute atomic E-state index is 0.000759. The van der Waals surface area contributed by atoms with E-state index in [2.05, 4.69) is 10.6 Å². The SMILES string of the molecule is Cc1cc(NCCNC(=O)C(C)(C)C)ccc1[N+](=O)[O-]. The minimum atomic E-state index is -0.400. The van der Waals surface area contributed by atoms with Crippen LogP contribution in [0.5, 0.6) is 0 Å². The monoisotopic (exact) mass is 279 g/mol. The number of amides is 1. The molecule has 6 heteroatoms. The molecule has 0 aliphatic carbocycles. The second kappa shape index (κ2) is 6.36. The van der Waals surface area contributed by atoms with Crippen molar-refractivity contribution in [1.29, 1.82) is 0 Å². The van der Waals surface area contributed by atoms with Gasteiger partial charge in [-0.15, -0.1) is 0 Å². The van der Waals surface area contributed by atoms with Crippen LogP contribution in [0.25, 0.3) is 0 Å². The van der Waals surface area contributed by atoms with Gasteiger partial charge in [0.1, 0.15) is 0 Å². The third-order valence-corrected chi connectivity index (χ3v) is 2.81. The first-order chi connectivity index (χ1) is 9.21. The summed E-state index contributed by atoms with van der Waals surface area (Å²) in [6.07, 6.45) is 0. The molecule has 0 fully saturated rings. The first kappa shape index (κ1) is 15.9. The van der Waals surface area contributed by atoms with Gasteiger partial charge in [-0.3, -0.25) is 14.9 Å². The summed E-state index contributed by atoms with van der Waals surface area (Å²) < 4.78 is 0. The average molecular weight is 279 g/mol. The Morgan fingerprint density at radius 1 is 1.30 bits per heavy atom. The zero-order chi connectivity index (χ0) is 15.3. The van der Waals surface area contributed by atoms with Crippen LogP contribution in [0.4, 0.5) is 11.4 Å². The molecule has 0 atom stereocenters. The van der Waals surface area contributed by atoms with Crippen LogP contribution in [0.15, 0.2) is 18.2 Å². The van der Waals surface area contributed by atoms with Gasteiger partial charge in [0, 0.05) is 35.8 Å². The Bertz CT molecular complexity index is 507. The number of hydrogen-bond donors (Lipinski definition) is 2. The van der Waals surface area contributed by atoms with Crippen molar-refractivity contribution < 1.29 is 9.72 Å². The average Bonchev–Trinajstić information content (AvgIpc) is 2.32. The highest BCUT2D eigenvalue weighted by atomic mass is 16.6. The minimum Gasteiger partial charge on any atom is -0.383 e. The summed E-state index contributed by atoms with van der Waals surface area (Å²) >= 11 is 0. The van der Waals surface area contributed by atoms with Gasteiger partial charge < -0.3 is 10.6 Å². The summed E-state index contributed by atoms with van der Waals surface area (Å²) in [6.45, 7) is 8.34. The van der Waals surface area contributed by atoms with Gasteiger partial charge in [-0.1, -0.05) is 20.8 Å². The molecule has 0 aliphatic rings. The van der Waals surface area contributed by atoms with Crippen molar-refractivity contribution in [1.82, 2.24) is 5.32 Å². The predicted octanol–water partition coefficient (Wildman–Crippen LogP) is 2.48. The maximum absolute atomic E-state index is 11.6. The molecule has 1 aromatic rings. The molecule has 0 bridgehead atoms. The maximum atomic E-state index is 11.6. The maximum Gasteiger partial charge on any atom is 0.272 e. The largest absolute Gasteiger partial charge is 0.383 e. The Labute approximate surface area is 118 Å². The summed E-state index contributed by atoms with van der Waals surface area (Å²) in [5.41, 5.74) is 1.12. The lowest BCUT2D eigenvalue weighted by molar-refractivity contribution is -0.385. The van der Waals surface area contributed by atoms with Gasteiger partial charge in [-0.05, 0) is 19.1 Å². The fraction of sp³-hybridized carbons (Fsp3) is 0.500. The third kappa shape index (κ3) is 4.53. The fourth-order valence-electron chi connectivity index (χ4n) is 1.62. The summed E-state index contributed by atoms with van der Waals surface area (Å²) in [4.78, 5) is 21.9. The summed E-state index contributed by atoms with van der Waals surface area (Å²) in [5, 5.41) is 16.6. The van der Waals surface area contributed by atoms with E-state index in [4.69, 9.17) is 0 Å². The molecule has 1 rings (SSSR count). The zero-order valence-electron chi connectivity index (χ0n) is 12.3. The number of anilines is 1. The van der Waals surface area contributed by atoms with Crippen molar-refractivity contribution >= 4 is 17.3 Å². The molecular weight excluding hydrogens is 258 g/mol. The molecular formula is C14H21N3O3. The van der Waals surface area contributed by atoms with Crippen molar-refractivity contribution in [3.8, 4) is 0 Å². The van der Waals surface area contributed by atoms with Crippen molar-refractivity contribution in [2.75, 3.05) is 18.4 Å². The molecule has 0 saturated heterocycles. The van der Waals surface area contributed by atoms with Crippen LogP contribution in [-0.2, 0) is 4.79 Å². The Morgan fingerprint density at radius 3 is 2.45 bits per heavy atom. The van der Waals surface area contributed by atoms with Gasteiger partial charge in [-0.25, -0.2) is 0 Å². The number of nitrogens with one attached hydrogen (secondary N) is 2. The van der Waals surface area contributed by atoms with E-state index in [1.54, 1.807) is 19.1 Å². The van der Waals surface area contributed by atoms with Crippen LogP contribution in [0, 0.1) is 22.5 Å². The van der Waals surface area contributed by atoms with Crippen molar-refractivity contribution in [3.05, 3.63) is 33.9 Å². The van der Waals surface area contributed by atoms with Crippen LogP contribution in [0.1, 0.15) is 26.3 Å². The molecule has 0 saturated carbocycles. The molecule has 0 aromatic heterocycles. The third-order valence-electron chi connectivity index (χ3n) is 2.81. The Hall–Kier alpha value is -2.11. The molecule has 0 radical (unpaired) electrons. The van der Waals surface area contributed by atoms with Crippen LogP contribution < -0.4 is 10.6 Å². The summed E-state index contributed by atoms with van der Waals surface area (Å²) in [6, 6.07) is 4.87. The summed E-state index contributed by atoms with van der Waals surface area (Å²) in [7, 11) is 0. The van der Waals surface area contributed by atoms with Crippen LogP contribution in [0.2, 0.25) is 0 Å². The van der Waals surface area contributed by atoms with E-state index >= 15 is 0 Å². The molecule has 1 aromatic carbocycles. The molecule has 20 heavy (non-hydrogen) atoms. The van der Waals surface area contributed by atoms with Gasteiger partial charge in [0.15, 0.2) is 0 Å². The van der Waals surface area contributed by atoms with Gasteiger partial charge in [0.05, 0.1) is 4.92 Å². The zero-order valence-corrected chi connectivity index (χ0v) is 12.3. The first-order valence-electron chi connectivity index (χ1n) is 6.49. The number of nitro benzene ring substituents is 1. The van der Waals surface area contributed by atoms with Crippen molar-refractivity contribution in [3.63, 3.8) is 0 Å². The second-order valence-electron chi connectivity index (χ2n) is 5.69. The number of nitro groups is 1. The van der Waals surface area contributed by atoms with Gasteiger partial charge in [0.25, 0.3) is 5.69 Å². The number of nitrogens with zero attached hydrogens (tertiary/aromatic N) is 1. The molecule has 0 unspecified atom stereocenters. The summed E-state index contributed by atoms with van der Waals surface area (Å²) in [5.74, 6) is -0.000759. The van der Waals surface area contributed by atoms with Gasteiger partial charge >= 0.3 is 0 Å². The molecule has 0 aliphatic heterocycles. The number of carbonyl (C=O) groups excluding carboxylic acids is 1. The van der Waals surface area contributed by atoms with E-state index < -0.39 is 10.3 Å². The van der Waals surface area contributed by atoms with Gasteiger partial charge in [-0.2, -0.15) is 0 Å². The molecule has 0 spiro atoms. The lowest BCUT2D eigenvalue weighted by Gasteiger charge is -2.17. The van der Waals surface area contributed by atoms with E-state index in [9.17, 15) is 14.9 Å². The number of hydrogen-bond acceptors (Lipinski definition) is 4. The van der Waals surface area contributed by atoms with Crippen LogP contribution >= 0.6 is 0 Å². The Kier molecular flexibility index (Phi) is 5.07. The van der Waals surface area contributed by atoms with Crippen molar-refractivity contribution in [2.45, 2.75) is 27.7 Å². The number of carbonyl (C=O) groups is 1. The first-order valence-corrected chi connectivity index (χ1v) is 6.49. The van der Waals surface area contributed by atoms with E-state index in [0.717, 1.165) is 5.69 Å². The molecule has 110 valence electrons. The molecule has 2 N–H and O–H groups in total. The topological polar surface area (TPSA) is 84.3 Å². The van der Waals surface area contributed by atoms with Crippen LogP contribution in [-0.4, -0.2) is 23.9 Å². The molecule has 1 amide bonds. The Morgan fingerprint density at radius 2 is 1.95 bits per heavy atom. The van der Waals surface area contributed by atoms with E-state index in [-0.39, 0.29) is 11.6 Å².